The molecule has 0 spiro atoms. The Morgan fingerprint density at radius 1 is 1.14 bits per heavy atom. The predicted molar refractivity (Wildman–Crippen MR) is 82.6 cm³/mol. The maximum Gasteiger partial charge on any atom is 0.347 e. The second-order valence-corrected chi connectivity index (χ2v) is 5.91. The molecule has 3 N–H and O–H groups in total. The predicted octanol–water partition coefficient (Wildman–Crippen LogP) is 3.49. The van der Waals surface area contributed by atoms with Crippen LogP contribution in [0.3, 0.4) is 0 Å². The molecule has 4 heteroatoms. The average Bonchev–Trinajstić information content (AvgIpc) is 2.37. The maximum atomic E-state index is 12.2. The Hall–Kier alpha value is -2.49. The van der Waals surface area contributed by atoms with E-state index in [1.165, 1.54) is 12.1 Å². The van der Waals surface area contributed by atoms with Gasteiger partial charge in [0.25, 0.3) is 0 Å². The number of carbonyl (C=O) groups excluding carboxylic acids is 1. The largest absolute Gasteiger partial charge is 0.507 e. The fourth-order valence-corrected chi connectivity index (χ4v) is 2.05. The molecular weight excluding hydrogens is 266 g/mol. The first kappa shape index (κ1) is 14.9. The zero-order chi connectivity index (χ0) is 15.6. The Morgan fingerprint density at radius 3 is 2.43 bits per heavy atom. The number of nitrogens with two attached hydrogens (primary N) is 1. The number of hydrogen-bond acceptors (Lipinski definition) is 4. The van der Waals surface area contributed by atoms with Crippen molar-refractivity contribution >= 4 is 11.7 Å². The maximum absolute atomic E-state index is 12.2. The van der Waals surface area contributed by atoms with E-state index in [0.29, 0.717) is 11.4 Å². The van der Waals surface area contributed by atoms with E-state index in [-0.39, 0.29) is 16.7 Å². The molecule has 0 unspecified atom stereocenters. The molecule has 0 saturated carbocycles. The molecule has 0 atom stereocenters. The van der Waals surface area contributed by atoms with Gasteiger partial charge in [-0.15, -0.1) is 0 Å². The molecule has 0 aliphatic carbocycles. The van der Waals surface area contributed by atoms with Crippen LogP contribution < -0.4 is 10.5 Å². The number of phenolic OH excluding ortho intramolecular Hbond substituents is 1. The minimum absolute atomic E-state index is 0.0907. The molecule has 0 radical (unpaired) electrons. The summed E-state index contributed by atoms with van der Waals surface area (Å²) in [6.07, 6.45) is 0. The van der Waals surface area contributed by atoms with Gasteiger partial charge in [0.2, 0.25) is 0 Å². The second-order valence-electron chi connectivity index (χ2n) is 5.91. The number of nitrogen functional groups attached to an aromatic ring is 1. The van der Waals surface area contributed by atoms with Crippen LogP contribution in [0.4, 0.5) is 5.69 Å². The van der Waals surface area contributed by atoms with Gasteiger partial charge in [-0.3, -0.25) is 0 Å². The number of anilines is 1. The van der Waals surface area contributed by atoms with Crippen molar-refractivity contribution in [2.24, 2.45) is 0 Å². The van der Waals surface area contributed by atoms with E-state index in [1.807, 2.05) is 32.9 Å². The van der Waals surface area contributed by atoms with Gasteiger partial charge in [0, 0.05) is 17.3 Å². The molecule has 0 saturated heterocycles. The van der Waals surface area contributed by atoms with Crippen molar-refractivity contribution in [1.29, 1.82) is 0 Å². The first-order chi connectivity index (χ1) is 9.79. The Morgan fingerprint density at radius 2 is 1.81 bits per heavy atom. The van der Waals surface area contributed by atoms with Crippen LogP contribution in [0.2, 0.25) is 0 Å². The van der Waals surface area contributed by atoms with Crippen LogP contribution in [0.1, 0.15) is 36.7 Å². The zero-order valence-corrected chi connectivity index (χ0v) is 12.4. The highest BCUT2D eigenvalue weighted by Crippen LogP contribution is 2.32. The number of aromatic hydroxyl groups is 1. The quantitative estimate of drug-likeness (QED) is 0.503. The molecule has 4 nitrogen and oxygen atoms in total. The Balaban J connectivity index is 2.32. The highest BCUT2D eigenvalue weighted by molar-refractivity contribution is 5.94. The van der Waals surface area contributed by atoms with Gasteiger partial charge in [-0.2, -0.15) is 0 Å². The third-order valence-corrected chi connectivity index (χ3v) is 3.14. The lowest BCUT2D eigenvalue weighted by Crippen LogP contribution is -2.16. The summed E-state index contributed by atoms with van der Waals surface area (Å²) in [6, 6.07) is 11.7. The van der Waals surface area contributed by atoms with Crippen molar-refractivity contribution in [1.82, 2.24) is 0 Å². The average molecular weight is 285 g/mol. The number of hydrogen-bond donors (Lipinski definition) is 2. The molecule has 0 amide bonds. The van der Waals surface area contributed by atoms with Gasteiger partial charge < -0.3 is 15.6 Å². The van der Waals surface area contributed by atoms with Crippen LogP contribution in [0, 0.1) is 0 Å². The lowest BCUT2D eigenvalue weighted by Gasteiger charge is -2.22. The van der Waals surface area contributed by atoms with Gasteiger partial charge in [-0.25, -0.2) is 4.79 Å². The van der Waals surface area contributed by atoms with E-state index in [9.17, 15) is 9.90 Å². The van der Waals surface area contributed by atoms with Crippen LogP contribution in [0.25, 0.3) is 0 Å². The number of carbonyl (C=O) groups is 1. The Labute approximate surface area is 124 Å². The lowest BCUT2D eigenvalue weighted by molar-refractivity contribution is 0.0729. The summed E-state index contributed by atoms with van der Waals surface area (Å²) in [4.78, 5) is 12.2. The summed E-state index contributed by atoms with van der Waals surface area (Å²) < 4.78 is 5.44. The molecule has 0 heterocycles. The molecule has 21 heavy (non-hydrogen) atoms. The van der Waals surface area contributed by atoms with E-state index in [2.05, 4.69) is 0 Å². The molecule has 110 valence electrons. The van der Waals surface area contributed by atoms with E-state index in [4.69, 9.17) is 10.5 Å². The zero-order valence-electron chi connectivity index (χ0n) is 12.4. The van der Waals surface area contributed by atoms with Crippen molar-refractivity contribution in [3.63, 3.8) is 0 Å². The molecule has 0 aromatic heterocycles. The van der Waals surface area contributed by atoms with Crippen molar-refractivity contribution in [2.45, 2.75) is 26.2 Å². The van der Waals surface area contributed by atoms with Crippen LogP contribution >= 0.6 is 0 Å². The summed E-state index contributed by atoms with van der Waals surface area (Å²) in [6.45, 7) is 6.13. The summed E-state index contributed by atoms with van der Waals surface area (Å²) in [5, 5.41) is 9.79. The standard InChI is InChI=1S/C17H19NO3/c1-17(2,3)13-6-4-5-7-15(13)21-16(20)12-9-8-11(18)10-14(12)19/h4-10,19H,18H2,1-3H3. The minimum Gasteiger partial charge on any atom is -0.507 e. The van der Waals surface area contributed by atoms with Crippen molar-refractivity contribution in [3.05, 3.63) is 53.6 Å². The fraction of sp³-hybridized carbons (Fsp3) is 0.235. The fourth-order valence-electron chi connectivity index (χ4n) is 2.05. The monoisotopic (exact) mass is 285 g/mol. The topological polar surface area (TPSA) is 72.5 Å². The number of esters is 1. The number of para-hydroxylation sites is 1. The Bertz CT molecular complexity index is 672. The van der Waals surface area contributed by atoms with Gasteiger partial charge in [0.15, 0.2) is 0 Å². The third-order valence-electron chi connectivity index (χ3n) is 3.14. The highest BCUT2D eigenvalue weighted by atomic mass is 16.5. The van der Waals surface area contributed by atoms with Gasteiger partial charge in [0.1, 0.15) is 17.1 Å². The minimum atomic E-state index is -0.607. The van der Waals surface area contributed by atoms with Crippen molar-refractivity contribution in [3.8, 4) is 11.5 Å². The number of phenols is 1. The van der Waals surface area contributed by atoms with E-state index < -0.39 is 5.97 Å². The normalized spacial score (nSPS) is 11.2. The number of ether oxygens (including phenoxy) is 1. The first-order valence-corrected chi connectivity index (χ1v) is 6.69. The van der Waals surface area contributed by atoms with Gasteiger partial charge >= 0.3 is 5.97 Å². The SMILES string of the molecule is CC(C)(C)c1ccccc1OC(=O)c1ccc(N)cc1O. The van der Waals surface area contributed by atoms with Gasteiger partial charge in [0.05, 0.1) is 0 Å². The molecular formula is C17H19NO3. The van der Waals surface area contributed by atoms with Crippen molar-refractivity contribution < 1.29 is 14.6 Å². The van der Waals surface area contributed by atoms with Crippen LogP contribution in [0.15, 0.2) is 42.5 Å². The third kappa shape index (κ3) is 3.34. The van der Waals surface area contributed by atoms with Gasteiger partial charge in [-0.1, -0.05) is 39.0 Å². The van der Waals surface area contributed by atoms with E-state index >= 15 is 0 Å². The van der Waals surface area contributed by atoms with Crippen LogP contribution in [-0.2, 0) is 5.41 Å². The van der Waals surface area contributed by atoms with E-state index in [1.54, 1.807) is 18.2 Å². The van der Waals surface area contributed by atoms with Gasteiger partial charge in [-0.05, 0) is 23.6 Å². The molecule has 2 aromatic carbocycles. The molecule has 2 aromatic rings. The molecule has 2 rings (SSSR count). The summed E-state index contributed by atoms with van der Waals surface area (Å²) in [5.74, 6) is -0.302. The second kappa shape index (κ2) is 5.48. The highest BCUT2D eigenvalue weighted by Gasteiger charge is 2.21. The molecule has 0 aliphatic rings. The lowest BCUT2D eigenvalue weighted by atomic mass is 9.86. The van der Waals surface area contributed by atoms with Crippen LogP contribution in [-0.4, -0.2) is 11.1 Å². The molecule has 0 fully saturated rings. The summed E-state index contributed by atoms with van der Waals surface area (Å²) in [7, 11) is 0. The first-order valence-electron chi connectivity index (χ1n) is 6.69. The molecule has 0 bridgehead atoms. The van der Waals surface area contributed by atoms with Crippen LogP contribution in [0.5, 0.6) is 11.5 Å². The van der Waals surface area contributed by atoms with Crippen molar-refractivity contribution in [2.75, 3.05) is 5.73 Å². The van der Waals surface area contributed by atoms with E-state index in [0.717, 1.165) is 5.56 Å². The molecule has 0 aliphatic heterocycles. The summed E-state index contributed by atoms with van der Waals surface area (Å²) >= 11 is 0. The summed E-state index contributed by atoms with van der Waals surface area (Å²) in [5.41, 5.74) is 6.80. The Kier molecular flexibility index (Phi) is 3.89. The number of benzene rings is 2. The number of rotatable bonds is 2. The smallest absolute Gasteiger partial charge is 0.347 e.